The molecule has 6 nitrogen and oxygen atoms in total. The zero-order valence-electron chi connectivity index (χ0n) is 10.7. The van der Waals surface area contributed by atoms with Crippen LogP contribution in [-0.2, 0) is 14.3 Å². The second-order valence-electron chi connectivity index (χ2n) is 5.22. The van der Waals surface area contributed by atoms with Crippen molar-refractivity contribution in [2.24, 2.45) is 11.8 Å². The summed E-state index contributed by atoms with van der Waals surface area (Å²) in [5.74, 6) is -2.64. The second kappa shape index (κ2) is 4.79. The number of hydrogen-bond donors (Lipinski definition) is 3. The van der Waals surface area contributed by atoms with Crippen LogP contribution in [0.25, 0.3) is 0 Å². The van der Waals surface area contributed by atoms with Crippen molar-refractivity contribution >= 4 is 17.6 Å². The Kier molecular flexibility index (Phi) is 3.10. The van der Waals surface area contributed by atoms with E-state index in [0.717, 1.165) is 6.42 Å². The molecule has 2 bridgehead atoms. The van der Waals surface area contributed by atoms with E-state index in [0.29, 0.717) is 12.1 Å². The van der Waals surface area contributed by atoms with Gasteiger partial charge in [0.15, 0.2) is 0 Å². The Bertz CT molecular complexity index is 541. The molecule has 3 rings (SSSR count). The molecule has 3 N–H and O–H groups in total. The minimum absolute atomic E-state index is 0.106. The SMILES string of the molecule is O=C(Nc1ccc(O)cc1)[C@@H]1[C@H](C(=O)O)[C@H]2CC[C@H]1O2. The highest BCUT2D eigenvalue weighted by atomic mass is 16.5. The third-order valence-corrected chi connectivity index (χ3v) is 4.00. The number of phenols is 1. The van der Waals surface area contributed by atoms with Crippen LogP contribution in [0.1, 0.15) is 12.8 Å². The Morgan fingerprint density at radius 3 is 2.30 bits per heavy atom. The Labute approximate surface area is 115 Å². The molecule has 2 saturated heterocycles. The van der Waals surface area contributed by atoms with E-state index in [9.17, 15) is 19.8 Å². The molecule has 1 amide bonds. The van der Waals surface area contributed by atoms with Crippen molar-refractivity contribution in [3.05, 3.63) is 24.3 Å². The molecule has 1 aromatic carbocycles. The van der Waals surface area contributed by atoms with Gasteiger partial charge in [-0.3, -0.25) is 9.59 Å². The lowest BCUT2D eigenvalue weighted by Crippen LogP contribution is -2.40. The van der Waals surface area contributed by atoms with Gasteiger partial charge in [-0.1, -0.05) is 0 Å². The molecule has 0 spiro atoms. The van der Waals surface area contributed by atoms with E-state index in [4.69, 9.17) is 4.74 Å². The van der Waals surface area contributed by atoms with Gasteiger partial charge in [-0.05, 0) is 37.1 Å². The van der Waals surface area contributed by atoms with Gasteiger partial charge in [-0.2, -0.15) is 0 Å². The average molecular weight is 277 g/mol. The van der Waals surface area contributed by atoms with Gasteiger partial charge in [0.25, 0.3) is 0 Å². The lowest BCUT2D eigenvalue weighted by atomic mass is 9.78. The van der Waals surface area contributed by atoms with Crippen molar-refractivity contribution in [1.82, 2.24) is 0 Å². The van der Waals surface area contributed by atoms with Crippen molar-refractivity contribution in [3.63, 3.8) is 0 Å². The van der Waals surface area contributed by atoms with E-state index < -0.39 is 17.8 Å². The van der Waals surface area contributed by atoms with Crippen LogP contribution in [0.15, 0.2) is 24.3 Å². The first-order chi connectivity index (χ1) is 9.56. The molecule has 1 aromatic rings. The largest absolute Gasteiger partial charge is 0.508 e. The molecule has 2 heterocycles. The number of anilines is 1. The molecule has 0 radical (unpaired) electrons. The van der Waals surface area contributed by atoms with Crippen LogP contribution < -0.4 is 5.32 Å². The molecule has 4 atom stereocenters. The number of carbonyl (C=O) groups is 2. The number of aromatic hydroxyl groups is 1. The number of fused-ring (bicyclic) bond motifs is 2. The number of carbonyl (C=O) groups excluding carboxylic acids is 1. The number of rotatable bonds is 3. The molecular formula is C14H15NO5. The number of hydrogen-bond acceptors (Lipinski definition) is 4. The molecule has 2 fully saturated rings. The van der Waals surface area contributed by atoms with Crippen LogP contribution in [0.5, 0.6) is 5.75 Å². The normalized spacial score (nSPS) is 31.2. The van der Waals surface area contributed by atoms with Gasteiger partial charge in [0, 0.05) is 5.69 Å². The highest BCUT2D eigenvalue weighted by Gasteiger charge is 2.55. The van der Waals surface area contributed by atoms with Gasteiger partial charge in [0.1, 0.15) is 5.75 Å². The van der Waals surface area contributed by atoms with Gasteiger partial charge >= 0.3 is 5.97 Å². The van der Waals surface area contributed by atoms with Crippen LogP contribution in [0.2, 0.25) is 0 Å². The third-order valence-electron chi connectivity index (χ3n) is 4.00. The number of benzene rings is 1. The number of phenolic OH excluding ortho intramolecular Hbond substituents is 1. The second-order valence-corrected chi connectivity index (χ2v) is 5.22. The maximum absolute atomic E-state index is 12.3. The molecule has 106 valence electrons. The highest BCUT2D eigenvalue weighted by Crippen LogP contribution is 2.44. The summed E-state index contributed by atoms with van der Waals surface area (Å²) < 4.78 is 5.56. The van der Waals surface area contributed by atoms with Crippen molar-refractivity contribution in [3.8, 4) is 5.75 Å². The summed E-state index contributed by atoms with van der Waals surface area (Å²) in [6, 6.07) is 6.05. The molecular weight excluding hydrogens is 262 g/mol. The molecule has 0 unspecified atom stereocenters. The van der Waals surface area contributed by atoms with Gasteiger partial charge in [0.2, 0.25) is 5.91 Å². The van der Waals surface area contributed by atoms with Crippen LogP contribution in [-0.4, -0.2) is 34.3 Å². The monoisotopic (exact) mass is 277 g/mol. The first-order valence-corrected chi connectivity index (χ1v) is 6.54. The quantitative estimate of drug-likeness (QED) is 0.722. The van der Waals surface area contributed by atoms with Gasteiger partial charge in [-0.25, -0.2) is 0 Å². The summed E-state index contributed by atoms with van der Waals surface area (Å²) in [6.07, 6.45) is 0.762. The fourth-order valence-corrected chi connectivity index (χ4v) is 3.09. The van der Waals surface area contributed by atoms with Crippen molar-refractivity contribution in [2.45, 2.75) is 25.0 Å². The molecule has 2 aliphatic heterocycles. The number of carboxylic acid groups (broad SMARTS) is 1. The first-order valence-electron chi connectivity index (χ1n) is 6.54. The summed E-state index contributed by atoms with van der Waals surface area (Å²) in [4.78, 5) is 23.6. The molecule has 0 aliphatic carbocycles. The summed E-state index contributed by atoms with van der Waals surface area (Å²) in [7, 11) is 0. The van der Waals surface area contributed by atoms with Gasteiger partial charge in [-0.15, -0.1) is 0 Å². The molecule has 6 heteroatoms. The molecule has 2 aliphatic rings. The van der Waals surface area contributed by atoms with E-state index in [2.05, 4.69) is 5.32 Å². The molecule has 0 saturated carbocycles. The summed E-state index contributed by atoms with van der Waals surface area (Å²) in [5, 5.41) is 21.1. The fraction of sp³-hybridized carbons (Fsp3) is 0.429. The van der Waals surface area contributed by atoms with E-state index in [1.807, 2.05) is 0 Å². The van der Waals surface area contributed by atoms with Crippen molar-refractivity contribution in [2.75, 3.05) is 5.32 Å². The average Bonchev–Trinajstić information content (AvgIpc) is 3.01. The Hall–Kier alpha value is -2.08. The predicted octanol–water partition coefficient (Wildman–Crippen LogP) is 1.21. The van der Waals surface area contributed by atoms with E-state index in [1.165, 1.54) is 12.1 Å². The number of ether oxygens (including phenoxy) is 1. The minimum atomic E-state index is -0.983. The lowest BCUT2D eigenvalue weighted by Gasteiger charge is -2.23. The zero-order valence-corrected chi connectivity index (χ0v) is 10.7. The number of amides is 1. The minimum Gasteiger partial charge on any atom is -0.508 e. The van der Waals surface area contributed by atoms with E-state index in [1.54, 1.807) is 12.1 Å². The topological polar surface area (TPSA) is 95.9 Å². The Morgan fingerprint density at radius 1 is 1.10 bits per heavy atom. The maximum atomic E-state index is 12.3. The van der Waals surface area contributed by atoms with Crippen LogP contribution in [0, 0.1) is 11.8 Å². The van der Waals surface area contributed by atoms with Crippen molar-refractivity contribution < 1.29 is 24.5 Å². The predicted molar refractivity (Wildman–Crippen MR) is 69.2 cm³/mol. The first kappa shape index (κ1) is 12.9. The summed E-state index contributed by atoms with van der Waals surface area (Å²) in [6.45, 7) is 0. The smallest absolute Gasteiger partial charge is 0.310 e. The number of nitrogens with one attached hydrogen (secondary N) is 1. The lowest BCUT2D eigenvalue weighted by molar-refractivity contribution is -0.147. The Balaban J connectivity index is 1.76. The molecule has 0 aromatic heterocycles. The standard InChI is InChI=1S/C14H15NO5/c16-8-3-1-7(2-4-8)15-13(17)11-9-5-6-10(20-9)12(11)14(18)19/h1-4,9-12,16H,5-6H2,(H,15,17)(H,18,19)/t9-,10-,11+,12-/m1/s1. The van der Waals surface area contributed by atoms with Gasteiger partial charge in [0.05, 0.1) is 24.0 Å². The Morgan fingerprint density at radius 2 is 1.70 bits per heavy atom. The number of carboxylic acids is 1. The van der Waals surface area contributed by atoms with E-state index in [-0.39, 0.29) is 23.9 Å². The zero-order chi connectivity index (χ0) is 14.3. The van der Waals surface area contributed by atoms with Crippen molar-refractivity contribution in [1.29, 1.82) is 0 Å². The van der Waals surface area contributed by atoms with E-state index >= 15 is 0 Å². The third kappa shape index (κ3) is 2.12. The summed E-state index contributed by atoms with van der Waals surface area (Å²) >= 11 is 0. The van der Waals surface area contributed by atoms with Crippen LogP contribution in [0.4, 0.5) is 5.69 Å². The highest BCUT2D eigenvalue weighted by molar-refractivity contribution is 5.96. The fourth-order valence-electron chi connectivity index (χ4n) is 3.09. The van der Waals surface area contributed by atoms with Crippen LogP contribution >= 0.6 is 0 Å². The van der Waals surface area contributed by atoms with Crippen LogP contribution in [0.3, 0.4) is 0 Å². The summed E-state index contributed by atoms with van der Waals surface area (Å²) in [5.41, 5.74) is 0.528. The maximum Gasteiger partial charge on any atom is 0.310 e. The number of aliphatic carboxylic acids is 1. The van der Waals surface area contributed by atoms with Gasteiger partial charge < -0.3 is 20.3 Å². The molecule has 20 heavy (non-hydrogen) atoms.